The van der Waals surface area contributed by atoms with Gasteiger partial charge in [-0.25, -0.2) is 0 Å². The van der Waals surface area contributed by atoms with Gasteiger partial charge in [-0.2, -0.15) is 0 Å². The van der Waals surface area contributed by atoms with E-state index in [4.69, 9.17) is 9.47 Å². The predicted octanol–water partition coefficient (Wildman–Crippen LogP) is 4.59. The topological polar surface area (TPSA) is 67.8 Å². The Kier molecular flexibility index (Phi) is 6.49. The van der Waals surface area contributed by atoms with Crippen molar-refractivity contribution in [3.63, 3.8) is 0 Å². The molecule has 0 spiro atoms. The number of amides is 1. The van der Waals surface area contributed by atoms with E-state index in [0.717, 1.165) is 6.42 Å². The van der Waals surface area contributed by atoms with E-state index in [9.17, 15) is 9.90 Å². The summed E-state index contributed by atoms with van der Waals surface area (Å²) in [4.78, 5) is 12.4. The number of phenolic OH excluding ortho intramolecular Hbond substituents is 1. The van der Waals surface area contributed by atoms with Crippen molar-refractivity contribution in [1.82, 2.24) is 0 Å². The largest absolute Gasteiger partial charge is 0.508 e. The van der Waals surface area contributed by atoms with Crippen molar-refractivity contribution >= 4 is 27.5 Å². The minimum atomic E-state index is -0.274. The lowest BCUT2D eigenvalue weighted by atomic mass is 10.1. The van der Waals surface area contributed by atoms with E-state index in [1.165, 1.54) is 12.1 Å². The van der Waals surface area contributed by atoms with Gasteiger partial charge in [-0.1, -0.05) is 6.92 Å². The number of hydrogen-bond acceptors (Lipinski definition) is 4. The van der Waals surface area contributed by atoms with Crippen LogP contribution >= 0.6 is 15.9 Å². The summed E-state index contributed by atoms with van der Waals surface area (Å²) >= 11 is 3.44. The van der Waals surface area contributed by atoms with Crippen molar-refractivity contribution in [1.29, 1.82) is 0 Å². The van der Waals surface area contributed by atoms with Gasteiger partial charge in [0.1, 0.15) is 5.75 Å². The fourth-order valence-corrected chi connectivity index (χ4v) is 2.61. The molecule has 2 N–H and O–H groups in total. The molecule has 2 aromatic rings. The number of benzene rings is 2. The summed E-state index contributed by atoms with van der Waals surface area (Å²) in [5.41, 5.74) is 1.04. The van der Waals surface area contributed by atoms with E-state index < -0.39 is 0 Å². The molecule has 1 amide bonds. The van der Waals surface area contributed by atoms with Crippen molar-refractivity contribution in [2.45, 2.75) is 20.3 Å². The molecule has 0 aliphatic heterocycles. The van der Waals surface area contributed by atoms with E-state index in [1.54, 1.807) is 24.3 Å². The molecule has 0 atom stereocenters. The maximum Gasteiger partial charge on any atom is 0.255 e. The molecule has 0 fully saturated rings. The van der Waals surface area contributed by atoms with Crippen LogP contribution in [0.25, 0.3) is 0 Å². The Morgan fingerprint density at radius 1 is 1.17 bits per heavy atom. The first-order valence-corrected chi connectivity index (χ1v) is 8.54. The van der Waals surface area contributed by atoms with Gasteiger partial charge >= 0.3 is 0 Å². The number of aromatic hydroxyl groups is 1. The second-order valence-corrected chi connectivity index (χ2v) is 5.92. The second kappa shape index (κ2) is 8.59. The smallest absolute Gasteiger partial charge is 0.255 e. The van der Waals surface area contributed by atoms with E-state index in [-0.39, 0.29) is 11.7 Å². The summed E-state index contributed by atoms with van der Waals surface area (Å²) in [5.74, 6) is 0.993. The highest BCUT2D eigenvalue weighted by Crippen LogP contribution is 2.37. The first kappa shape index (κ1) is 18.1. The maximum atomic E-state index is 12.4. The predicted molar refractivity (Wildman–Crippen MR) is 97.2 cm³/mol. The summed E-state index contributed by atoms with van der Waals surface area (Å²) in [7, 11) is 0. The monoisotopic (exact) mass is 393 g/mol. The molecule has 0 saturated carbocycles. The van der Waals surface area contributed by atoms with Crippen LogP contribution in [0.4, 0.5) is 5.69 Å². The minimum Gasteiger partial charge on any atom is -0.508 e. The number of ether oxygens (including phenoxy) is 2. The lowest BCUT2D eigenvalue weighted by molar-refractivity contribution is 0.102. The van der Waals surface area contributed by atoms with Gasteiger partial charge in [0.25, 0.3) is 5.91 Å². The van der Waals surface area contributed by atoms with Gasteiger partial charge in [0.15, 0.2) is 11.5 Å². The van der Waals surface area contributed by atoms with Gasteiger partial charge in [-0.05, 0) is 65.7 Å². The van der Waals surface area contributed by atoms with Crippen molar-refractivity contribution in [2.75, 3.05) is 18.5 Å². The number of nitrogens with one attached hydrogen (secondary N) is 1. The van der Waals surface area contributed by atoms with Crippen LogP contribution in [-0.4, -0.2) is 24.2 Å². The van der Waals surface area contributed by atoms with Gasteiger partial charge in [0, 0.05) is 11.3 Å². The number of carbonyl (C=O) groups excluding carboxylic acids is 1. The van der Waals surface area contributed by atoms with Crippen molar-refractivity contribution in [2.24, 2.45) is 0 Å². The number of carbonyl (C=O) groups is 1. The van der Waals surface area contributed by atoms with E-state index in [0.29, 0.717) is 40.4 Å². The molecule has 2 aromatic carbocycles. The number of phenols is 1. The maximum absolute atomic E-state index is 12.4. The van der Waals surface area contributed by atoms with Crippen LogP contribution < -0.4 is 14.8 Å². The Morgan fingerprint density at radius 2 is 1.88 bits per heavy atom. The molecule has 0 saturated heterocycles. The van der Waals surface area contributed by atoms with E-state index in [2.05, 4.69) is 21.2 Å². The third kappa shape index (κ3) is 4.64. The van der Waals surface area contributed by atoms with Crippen LogP contribution in [0.15, 0.2) is 40.9 Å². The number of anilines is 1. The molecule has 5 nitrogen and oxygen atoms in total. The Labute approximate surface area is 149 Å². The van der Waals surface area contributed by atoms with Gasteiger partial charge < -0.3 is 19.9 Å². The molecule has 0 aromatic heterocycles. The molecular weight excluding hydrogens is 374 g/mol. The van der Waals surface area contributed by atoms with Crippen molar-refractivity contribution in [3.8, 4) is 17.2 Å². The molecule has 128 valence electrons. The SMILES string of the molecule is CCCOc1c(Br)cc(C(=O)Nc2ccc(O)cc2)cc1OCC. The quantitative estimate of drug-likeness (QED) is 0.674. The summed E-state index contributed by atoms with van der Waals surface area (Å²) in [6.07, 6.45) is 0.876. The van der Waals surface area contributed by atoms with Crippen LogP contribution in [0, 0.1) is 0 Å². The molecule has 0 heterocycles. The Morgan fingerprint density at radius 3 is 2.50 bits per heavy atom. The fraction of sp³-hybridized carbons (Fsp3) is 0.278. The summed E-state index contributed by atoms with van der Waals surface area (Å²) < 4.78 is 12.0. The van der Waals surface area contributed by atoms with Gasteiger partial charge in [-0.15, -0.1) is 0 Å². The zero-order valence-corrected chi connectivity index (χ0v) is 15.2. The highest BCUT2D eigenvalue weighted by Gasteiger charge is 2.16. The first-order chi connectivity index (χ1) is 11.5. The Hall–Kier alpha value is -2.21. The molecule has 0 radical (unpaired) electrons. The van der Waals surface area contributed by atoms with Crippen LogP contribution in [-0.2, 0) is 0 Å². The van der Waals surface area contributed by atoms with Gasteiger partial charge in [0.05, 0.1) is 17.7 Å². The highest BCUT2D eigenvalue weighted by molar-refractivity contribution is 9.10. The minimum absolute atomic E-state index is 0.145. The second-order valence-electron chi connectivity index (χ2n) is 5.07. The summed E-state index contributed by atoms with van der Waals surface area (Å²) in [6, 6.07) is 9.64. The van der Waals surface area contributed by atoms with Gasteiger partial charge in [0.2, 0.25) is 0 Å². The zero-order chi connectivity index (χ0) is 17.5. The average molecular weight is 394 g/mol. The third-order valence-electron chi connectivity index (χ3n) is 3.15. The third-order valence-corrected chi connectivity index (χ3v) is 3.74. The molecule has 0 aliphatic carbocycles. The Bertz CT molecular complexity index is 701. The first-order valence-electron chi connectivity index (χ1n) is 7.74. The summed E-state index contributed by atoms with van der Waals surface area (Å²) in [6.45, 7) is 4.93. The summed E-state index contributed by atoms with van der Waals surface area (Å²) in [5, 5.41) is 12.1. The molecule has 6 heteroatoms. The molecule has 2 rings (SSSR count). The number of halogens is 1. The molecule has 0 aliphatic rings. The number of hydrogen-bond donors (Lipinski definition) is 2. The highest BCUT2D eigenvalue weighted by atomic mass is 79.9. The van der Waals surface area contributed by atoms with Crippen LogP contribution in [0.2, 0.25) is 0 Å². The van der Waals surface area contributed by atoms with Gasteiger partial charge in [-0.3, -0.25) is 4.79 Å². The van der Waals surface area contributed by atoms with Crippen molar-refractivity contribution < 1.29 is 19.4 Å². The van der Waals surface area contributed by atoms with Crippen LogP contribution in [0.1, 0.15) is 30.6 Å². The molecular formula is C18H20BrNO4. The van der Waals surface area contributed by atoms with Crippen LogP contribution in [0.3, 0.4) is 0 Å². The number of rotatable bonds is 7. The fourth-order valence-electron chi connectivity index (χ4n) is 2.05. The normalized spacial score (nSPS) is 10.3. The van der Waals surface area contributed by atoms with E-state index in [1.807, 2.05) is 13.8 Å². The van der Waals surface area contributed by atoms with E-state index >= 15 is 0 Å². The average Bonchev–Trinajstić information content (AvgIpc) is 2.56. The molecule has 0 bridgehead atoms. The molecule has 24 heavy (non-hydrogen) atoms. The lowest BCUT2D eigenvalue weighted by Gasteiger charge is -2.15. The standard InChI is InChI=1S/C18H20BrNO4/c1-3-9-24-17-15(19)10-12(11-16(17)23-4-2)18(22)20-13-5-7-14(21)8-6-13/h5-8,10-11,21H,3-4,9H2,1-2H3,(H,20,22). The van der Waals surface area contributed by atoms with Crippen LogP contribution in [0.5, 0.6) is 17.2 Å². The zero-order valence-electron chi connectivity index (χ0n) is 13.6. The lowest BCUT2D eigenvalue weighted by Crippen LogP contribution is -2.12. The Balaban J connectivity index is 2.25. The molecule has 0 unspecified atom stereocenters. The van der Waals surface area contributed by atoms with Crippen molar-refractivity contribution in [3.05, 3.63) is 46.4 Å².